The van der Waals surface area contributed by atoms with E-state index in [0.29, 0.717) is 5.92 Å². The molecular formula is C13H21NO. The topological polar surface area (TPSA) is 21.3 Å². The van der Waals surface area contributed by atoms with E-state index in [0.717, 1.165) is 13.2 Å². The van der Waals surface area contributed by atoms with Crippen LogP contribution in [0.1, 0.15) is 30.9 Å². The van der Waals surface area contributed by atoms with Crippen LogP contribution in [0.25, 0.3) is 0 Å². The average molecular weight is 207 g/mol. The van der Waals surface area contributed by atoms with Crippen molar-refractivity contribution < 1.29 is 4.74 Å². The molecule has 0 heterocycles. The first-order chi connectivity index (χ1) is 7.16. The SMILES string of the molecule is COCCNc1c(C)cccc1C(C)C. The number of rotatable bonds is 5. The van der Waals surface area contributed by atoms with Gasteiger partial charge in [0, 0.05) is 19.3 Å². The lowest BCUT2D eigenvalue weighted by Crippen LogP contribution is -2.10. The molecule has 1 N–H and O–H groups in total. The summed E-state index contributed by atoms with van der Waals surface area (Å²) in [5, 5.41) is 3.44. The van der Waals surface area contributed by atoms with Crippen molar-refractivity contribution in [1.82, 2.24) is 0 Å². The molecule has 0 aliphatic heterocycles. The predicted molar refractivity (Wildman–Crippen MR) is 65.6 cm³/mol. The molecule has 1 aromatic carbocycles. The van der Waals surface area contributed by atoms with Gasteiger partial charge in [-0.25, -0.2) is 0 Å². The zero-order valence-corrected chi connectivity index (χ0v) is 10.1. The lowest BCUT2D eigenvalue weighted by molar-refractivity contribution is 0.210. The number of aryl methyl sites for hydroxylation is 1. The third kappa shape index (κ3) is 3.24. The summed E-state index contributed by atoms with van der Waals surface area (Å²) in [6.07, 6.45) is 0. The molecule has 0 radical (unpaired) electrons. The minimum absolute atomic E-state index is 0.551. The molecule has 15 heavy (non-hydrogen) atoms. The summed E-state index contributed by atoms with van der Waals surface area (Å²) < 4.78 is 5.04. The van der Waals surface area contributed by atoms with Gasteiger partial charge in [0.05, 0.1) is 6.61 Å². The number of hydrogen-bond donors (Lipinski definition) is 1. The maximum absolute atomic E-state index is 5.04. The van der Waals surface area contributed by atoms with E-state index in [1.54, 1.807) is 7.11 Å². The zero-order valence-electron chi connectivity index (χ0n) is 10.1. The molecule has 0 spiro atoms. The van der Waals surface area contributed by atoms with Crippen LogP contribution in [0.4, 0.5) is 5.69 Å². The van der Waals surface area contributed by atoms with E-state index in [2.05, 4.69) is 44.3 Å². The number of methoxy groups -OCH3 is 1. The second-order valence-electron chi connectivity index (χ2n) is 4.11. The van der Waals surface area contributed by atoms with Crippen LogP contribution in [0, 0.1) is 6.92 Å². The number of ether oxygens (including phenoxy) is 1. The van der Waals surface area contributed by atoms with E-state index in [4.69, 9.17) is 4.74 Å². The molecule has 84 valence electrons. The fourth-order valence-electron chi connectivity index (χ4n) is 1.69. The van der Waals surface area contributed by atoms with E-state index in [1.165, 1.54) is 16.8 Å². The van der Waals surface area contributed by atoms with Crippen molar-refractivity contribution >= 4 is 5.69 Å². The van der Waals surface area contributed by atoms with Gasteiger partial charge >= 0.3 is 0 Å². The minimum atomic E-state index is 0.551. The Labute approximate surface area is 92.6 Å². The third-order valence-electron chi connectivity index (χ3n) is 2.53. The quantitative estimate of drug-likeness (QED) is 0.749. The van der Waals surface area contributed by atoms with Crippen LogP contribution in [-0.4, -0.2) is 20.3 Å². The van der Waals surface area contributed by atoms with Crippen LogP contribution in [0.3, 0.4) is 0 Å². The molecule has 2 heteroatoms. The van der Waals surface area contributed by atoms with Crippen LogP contribution >= 0.6 is 0 Å². The molecule has 1 rings (SSSR count). The standard InChI is InChI=1S/C13H21NO/c1-10(2)12-7-5-6-11(3)13(12)14-8-9-15-4/h5-7,10,14H,8-9H2,1-4H3. The van der Waals surface area contributed by atoms with Crippen molar-refractivity contribution in [3.8, 4) is 0 Å². The average Bonchev–Trinajstić information content (AvgIpc) is 2.20. The van der Waals surface area contributed by atoms with Crippen LogP contribution in [0.15, 0.2) is 18.2 Å². The number of anilines is 1. The van der Waals surface area contributed by atoms with Crippen molar-refractivity contribution in [2.45, 2.75) is 26.7 Å². The Bertz CT molecular complexity index is 307. The monoisotopic (exact) mass is 207 g/mol. The van der Waals surface area contributed by atoms with Gasteiger partial charge in [0.25, 0.3) is 0 Å². The molecule has 0 unspecified atom stereocenters. The maximum atomic E-state index is 5.04. The minimum Gasteiger partial charge on any atom is -0.383 e. The molecule has 0 bridgehead atoms. The van der Waals surface area contributed by atoms with E-state index in [-0.39, 0.29) is 0 Å². The van der Waals surface area contributed by atoms with Crippen LogP contribution in [-0.2, 0) is 4.74 Å². The molecule has 0 fully saturated rings. The molecule has 0 atom stereocenters. The number of nitrogens with one attached hydrogen (secondary N) is 1. The van der Waals surface area contributed by atoms with Crippen molar-refractivity contribution in [3.05, 3.63) is 29.3 Å². The van der Waals surface area contributed by atoms with Crippen molar-refractivity contribution in [2.24, 2.45) is 0 Å². The lowest BCUT2D eigenvalue weighted by atomic mass is 9.98. The summed E-state index contributed by atoms with van der Waals surface area (Å²) in [6.45, 7) is 8.18. The molecule has 1 aromatic rings. The van der Waals surface area contributed by atoms with Crippen molar-refractivity contribution in [1.29, 1.82) is 0 Å². The highest BCUT2D eigenvalue weighted by Crippen LogP contribution is 2.26. The Balaban J connectivity index is 2.82. The van der Waals surface area contributed by atoms with Crippen LogP contribution in [0.2, 0.25) is 0 Å². The van der Waals surface area contributed by atoms with E-state index < -0.39 is 0 Å². The molecule has 0 saturated heterocycles. The molecule has 2 nitrogen and oxygen atoms in total. The highest BCUT2D eigenvalue weighted by Gasteiger charge is 2.07. The number of hydrogen-bond acceptors (Lipinski definition) is 2. The molecule has 0 aliphatic carbocycles. The Hall–Kier alpha value is -1.02. The smallest absolute Gasteiger partial charge is 0.0635 e. The molecule has 0 saturated carbocycles. The van der Waals surface area contributed by atoms with E-state index in [1.807, 2.05) is 0 Å². The number of para-hydroxylation sites is 1. The van der Waals surface area contributed by atoms with Gasteiger partial charge in [0.15, 0.2) is 0 Å². The Morgan fingerprint density at radius 1 is 1.33 bits per heavy atom. The summed E-state index contributed by atoms with van der Waals surface area (Å²) in [5.74, 6) is 0.551. The Morgan fingerprint density at radius 2 is 2.07 bits per heavy atom. The normalized spacial score (nSPS) is 10.7. The second kappa shape index (κ2) is 5.76. The first-order valence-corrected chi connectivity index (χ1v) is 5.49. The molecule has 0 amide bonds. The van der Waals surface area contributed by atoms with Gasteiger partial charge in [-0.05, 0) is 24.0 Å². The summed E-state index contributed by atoms with van der Waals surface area (Å²) in [7, 11) is 1.73. The van der Waals surface area contributed by atoms with E-state index in [9.17, 15) is 0 Å². The summed E-state index contributed by atoms with van der Waals surface area (Å²) >= 11 is 0. The highest BCUT2D eigenvalue weighted by molar-refractivity contribution is 5.58. The third-order valence-corrected chi connectivity index (χ3v) is 2.53. The zero-order chi connectivity index (χ0) is 11.3. The van der Waals surface area contributed by atoms with E-state index >= 15 is 0 Å². The van der Waals surface area contributed by atoms with Crippen LogP contribution in [0.5, 0.6) is 0 Å². The van der Waals surface area contributed by atoms with Gasteiger partial charge in [-0.2, -0.15) is 0 Å². The van der Waals surface area contributed by atoms with Gasteiger partial charge < -0.3 is 10.1 Å². The fraction of sp³-hybridized carbons (Fsp3) is 0.538. The number of benzene rings is 1. The maximum Gasteiger partial charge on any atom is 0.0635 e. The fourth-order valence-corrected chi connectivity index (χ4v) is 1.69. The van der Waals surface area contributed by atoms with Gasteiger partial charge in [0.1, 0.15) is 0 Å². The first kappa shape index (κ1) is 12.1. The van der Waals surface area contributed by atoms with Crippen molar-refractivity contribution in [2.75, 3.05) is 25.6 Å². The summed E-state index contributed by atoms with van der Waals surface area (Å²) in [4.78, 5) is 0. The molecule has 0 aromatic heterocycles. The predicted octanol–water partition coefficient (Wildman–Crippen LogP) is 3.18. The first-order valence-electron chi connectivity index (χ1n) is 5.49. The van der Waals surface area contributed by atoms with Crippen molar-refractivity contribution in [3.63, 3.8) is 0 Å². The lowest BCUT2D eigenvalue weighted by Gasteiger charge is -2.16. The van der Waals surface area contributed by atoms with Gasteiger partial charge in [-0.1, -0.05) is 32.0 Å². The second-order valence-corrected chi connectivity index (χ2v) is 4.11. The van der Waals surface area contributed by atoms with Gasteiger partial charge in [0.2, 0.25) is 0 Å². The Morgan fingerprint density at radius 3 is 2.67 bits per heavy atom. The van der Waals surface area contributed by atoms with Crippen LogP contribution < -0.4 is 5.32 Å². The molecular weight excluding hydrogens is 186 g/mol. The van der Waals surface area contributed by atoms with Gasteiger partial charge in [-0.3, -0.25) is 0 Å². The molecule has 0 aliphatic rings. The largest absolute Gasteiger partial charge is 0.383 e. The highest BCUT2D eigenvalue weighted by atomic mass is 16.5. The summed E-state index contributed by atoms with van der Waals surface area (Å²) in [5.41, 5.74) is 3.95. The summed E-state index contributed by atoms with van der Waals surface area (Å²) in [6, 6.07) is 6.44. The Kier molecular flexibility index (Phi) is 4.63. The van der Waals surface area contributed by atoms with Gasteiger partial charge in [-0.15, -0.1) is 0 Å².